The maximum atomic E-state index is 13.5. The number of carbonyl (C=O) groups is 3. The maximum absolute atomic E-state index is 13.5. The van der Waals surface area contributed by atoms with Gasteiger partial charge in [0, 0.05) is 5.56 Å². The average Bonchev–Trinajstić information content (AvgIpc) is 3.30. The first-order chi connectivity index (χ1) is 15.0. The number of benzene rings is 2. The van der Waals surface area contributed by atoms with Gasteiger partial charge in [-0.25, -0.2) is 9.59 Å². The van der Waals surface area contributed by atoms with Crippen molar-refractivity contribution in [3.05, 3.63) is 82.6 Å². The average molecular weight is 419 g/mol. The first-order valence-electron chi connectivity index (χ1n) is 9.20. The summed E-state index contributed by atoms with van der Waals surface area (Å²) in [6, 6.07) is 14.1. The van der Waals surface area contributed by atoms with Crippen LogP contribution in [0.1, 0.15) is 32.3 Å². The van der Waals surface area contributed by atoms with Gasteiger partial charge in [-0.15, -0.1) is 0 Å². The third-order valence-corrected chi connectivity index (χ3v) is 4.83. The number of aromatic nitrogens is 4. The molecule has 156 valence electrons. The number of tetrazole rings is 1. The Morgan fingerprint density at radius 3 is 2.23 bits per heavy atom. The van der Waals surface area contributed by atoms with E-state index in [4.69, 9.17) is 9.47 Å². The number of allylic oxidation sites excluding steroid dienone is 1. The number of methoxy groups -OCH3 is 2. The van der Waals surface area contributed by atoms with Crippen LogP contribution in [0.25, 0.3) is 0 Å². The summed E-state index contributed by atoms with van der Waals surface area (Å²) in [7, 11) is 2.51. The summed E-state index contributed by atoms with van der Waals surface area (Å²) in [5.74, 6) is -1.44. The quantitative estimate of drug-likeness (QED) is 0.486. The normalized spacial score (nSPS) is 15.0. The van der Waals surface area contributed by atoms with Gasteiger partial charge < -0.3 is 14.8 Å². The molecule has 0 saturated carbocycles. The van der Waals surface area contributed by atoms with Crippen molar-refractivity contribution in [3.8, 4) is 0 Å². The van der Waals surface area contributed by atoms with Gasteiger partial charge >= 0.3 is 11.9 Å². The van der Waals surface area contributed by atoms with E-state index in [1.165, 1.54) is 18.9 Å². The smallest absolute Gasteiger partial charge is 0.355 e. The second-order valence-corrected chi connectivity index (χ2v) is 6.56. The largest absolute Gasteiger partial charge is 0.465 e. The Bertz CT molecular complexity index is 1180. The summed E-state index contributed by atoms with van der Waals surface area (Å²) in [6.45, 7) is 0. The summed E-state index contributed by atoms with van der Waals surface area (Å²) in [4.78, 5) is 37.9. The molecule has 0 aliphatic carbocycles. The molecular formula is C21H17N5O5. The van der Waals surface area contributed by atoms with Crippen LogP contribution in [0.5, 0.6) is 0 Å². The predicted molar refractivity (Wildman–Crippen MR) is 107 cm³/mol. The van der Waals surface area contributed by atoms with Crippen LogP contribution in [0.2, 0.25) is 0 Å². The number of hydrogen-bond acceptors (Lipinski definition) is 9. The minimum atomic E-state index is -0.834. The number of ketones is 1. The molecule has 1 atom stereocenters. The number of fused-ring (bicyclic) bond motifs is 1. The van der Waals surface area contributed by atoms with Gasteiger partial charge in [0.15, 0.2) is 5.78 Å². The number of ether oxygens (including phenoxy) is 2. The molecule has 1 aliphatic heterocycles. The molecule has 0 spiro atoms. The Kier molecular flexibility index (Phi) is 5.27. The van der Waals surface area contributed by atoms with E-state index in [0.717, 1.165) is 0 Å². The van der Waals surface area contributed by atoms with E-state index >= 15 is 0 Å². The van der Waals surface area contributed by atoms with Crippen LogP contribution in [0.3, 0.4) is 0 Å². The molecule has 0 bridgehead atoms. The molecule has 31 heavy (non-hydrogen) atoms. The first kappa shape index (κ1) is 20.0. The van der Waals surface area contributed by atoms with E-state index in [1.54, 1.807) is 54.6 Å². The Hall–Kier alpha value is -4.34. The Morgan fingerprint density at radius 2 is 1.58 bits per heavy atom. The molecule has 0 radical (unpaired) electrons. The molecule has 0 fully saturated rings. The van der Waals surface area contributed by atoms with Crippen LogP contribution in [0.15, 0.2) is 65.9 Å². The van der Waals surface area contributed by atoms with Gasteiger partial charge in [0.1, 0.15) is 11.7 Å². The Balaban J connectivity index is 1.90. The van der Waals surface area contributed by atoms with Crippen molar-refractivity contribution < 1.29 is 23.9 Å². The predicted octanol–water partition coefficient (Wildman–Crippen LogP) is 1.78. The monoisotopic (exact) mass is 419 g/mol. The summed E-state index contributed by atoms with van der Waals surface area (Å²) in [5.41, 5.74) is 1.37. The van der Waals surface area contributed by atoms with Crippen LogP contribution in [-0.2, 0) is 14.3 Å². The number of nitrogens with one attached hydrogen (secondary N) is 1. The molecule has 0 saturated heterocycles. The van der Waals surface area contributed by atoms with Gasteiger partial charge in [0.05, 0.1) is 25.4 Å². The lowest BCUT2D eigenvalue weighted by Gasteiger charge is -2.28. The van der Waals surface area contributed by atoms with Crippen molar-refractivity contribution in [1.29, 1.82) is 0 Å². The van der Waals surface area contributed by atoms with Crippen molar-refractivity contribution in [2.24, 2.45) is 0 Å². The number of carbonyl (C=O) groups excluding carboxylic acids is 3. The number of nitrogens with zero attached hydrogens (tertiary/aromatic N) is 4. The molecule has 0 amide bonds. The SMILES string of the molecule is COC(=O)C1=C(C(=O)c2ccccc2)[C@H](c2ccc(C(=O)OC)cc2)n2nnnc2N1. The summed E-state index contributed by atoms with van der Waals surface area (Å²) in [6.07, 6.45) is 0. The van der Waals surface area contributed by atoms with E-state index in [9.17, 15) is 14.4 Å². The van der Waals surface area contributed by atoms with Crippen molar-refractivity contribution >= 4 is 23.7 Å². The van der Waals surface area contributed by atoms with E-state index in [1.807, 2.05) is 0 Å². The topological polar surface area (TPSA) is 125 Å². The van der Waals surface area contributed by atoms with Crippen LogP contribution >= 0.6 is 0 Å². The molecule has 10 nitrogen and oxygen atoms in total. The summed E-state index contributed by atoms with van der Waals surface area (Å²) >= 11 is 0. The summed E-state index contributed by atoms with van der Waals surface area (Å²) in [5, 5.41) is 14.4. The van der Waals surface area contributed by atoms with Crippen molar-refractivity contribution in [2.75, 3.05) is 19.5 Å². The van der Waals surface area contributed by atoms with Gasteiger partial charge in [0.2, 0.25) is 5.95 Å². The highest BCUT2D eigenvalue weighted by molar-refractivity contribution is 6.14. The molecule has 1 aliphatic rings. The lowest BCUT2D eigenvalue weighted by molar-refractivity contribution is -0.136. The molecule has 10 heteroatoms. The van der Waals surface area contributed by atoms with Crippen molar-refractivity contribution in [2.45, 2.75) is 6.04 Å². The molecule has 2 heterocycles. The van der Waals surface area contributed by atoms with Crippen molar-refractivity contribution in [1.82, 2.24) is 20.2 Å². The van der Waals surface area contributed by atoms with E-state index in [0.29, 0.717) is 16.7 Å². The van der Waals surface area contributed by atoms with Crippen LogP contribution in [0, 0.1) is 0 Å². The second-order valence-electron chi connectivity index (χ2n) is 6.56. The molecule has 3 aromatic rings. The first-order valence-corrected chi connectivity index (χ1v) is 9.20. The molecule has 1 N–H and O–H groups in total. The third-order valence-electron chi connectivity index (χ3n) is 4.83. The van der Waals surface area contributed by atoms with E-state index in [-0.39, 0.29) is 17.2 Å². The fourth-order valence-corrected chi connectivity index (χ4v) is 3.36. The zero-order valence-corrected chi connectivity index (χ0v) is 16.6. The number of anilines is 1. The van der Waals surface area contributed by atoms with Crippen LogP contribution < -0.4 is 5.32 Å². The third kappa shape index (κ3) is 3.54. The number of hydrogen-bond donors (Lipinski definition) is 1. The van der Waals surface area contributed by atoms with Gasteiger partial charge in [-0.05, 0) is 28.1 Å². The van der Waals surface area contributed by atoms with Crippen LogP contribution in [0.4, 0.5) is 5.95 Å². The van der Waals surface area contributed by atoms with Crippen molar-refractivity contribution in [3.63, 3.8) is 0 Å². The fourth-order valence-electron chi connectivity index (χ4n) is 3.36. The standard InChI is InChI=1S/C21H17N5O5/c1-30-19(28)14-10-8-12(9-11-14)17-15(18(27)13-6-4-3-5-7-13)16(20(29)31-2)22-21-23-24-25-26(17)21/h3-11,17H,1-2H3,(H,22,23,25)/t17-/m0/s1. The molecule has 4 rings (SSSR count). The number of Topliss-reactive ketones (excluding diaryl/α,β-unsaturated/α-hetero) is 1. The lowest BCUT2D eigenvalue weighted by Crippen LogP contribution is -2.33. The van der Waals surface area contributed by atoms with Gasteiger partial charge in [-0.1, -0.05) is 47.6 Å². The van der Waals surface area contributed by atoms with Crippen LogP contribution in [-0.4, -0.2) is 52.1 Å². The molecule has 0 unspecified atom stereocenters. The minimum absolute atomic E-state index is 0.0549. The van der Waals surface area contributed by atoms with Gasteiger partial charge in [-0.3, -0.25) is 4.79 Å². The number of esters is 2. The fraction of sp³-hybridized carbons (Fsp3) is 0.143. The zero-order valence-electron chi connectivity index (χ0n) is 16.6. The molecule has 2 aromatic carbocycles. The minimum Gasteiger partial charge on any atom is -0.465 e. The second kappa shape index (κ2) is 8.19. The van der Waals surface area contributed by atoms with Gasteiger partial charge in [-0.2, -0.15) is 4.68 Å². The molecular weight excluding hydrogens is 402 g/mol. The highest BCUT2D eigenvalue weighted by atomic mass is 16.5. The molecule has 1 aromatic heterocycles. The zero-order chi connectivity index (χ0) is 22.0. The lowest BCUT2D eigenvalue weighted by atomic mass is 9.89. The Labute approximate surface area is 176 Å². The summed E-state index contributed by atoms with van der Waals surface area (Å²) < 4.78 is 11.0. The van der Waals surface area contributed by atoms with E-state index in [2.05, 4.69) is 20.8 Å². The number of rotatable bonds is 5. The Morgan fingerprint density at radius 1 is 0.903 bits per heavy atom. The van der Waals surface area contributed by atoms with E-state index < -0.39 is 23.8 Å². The highest BCUT2D eigenvalue weighted by Gasteiger charge is 2.38. The maximum Gasteiger partial charge on any atom is 0.355 e. The highest BCUT2D eigenvalue weighted by Crippen LogP contribution is 2.36. The van der Waals surface area contributed by atoms with Gasteiger partial charge in [0.25, 0.3) is 0 Å².